The lowest BCUT2D eigenvalue weighted by Gasteiger charge is -2.06. The molecule has 0 aliphatic rings. The van der Waals surface area contributed by atoms with Crippen molar-refractivity contribution in [1.82, 2.24) is 0 Å². The Labute approximate surface area is 66.0 Å². The zero-order chi connectivity index (χ0) is 8.10. The average molecular weight is 149 g/mol. The van der Waals surface area contributed by atoms with Crippen LogP contribution in [0.4, 0.5) is 0 Å². The zero-order valence-electron chi connectivity index (χ0n) is 6.23. The van der Waals surface area contributed by atoms with Gasteiger partial charge in [0.25, 0.3) is 0 Å². The van der Waals surface area contributed by atoms with Crippen LogP contribution in [0.2, 0.25) is 0 Å². The molecule has 1 atom stereocenters. The molecule has 0 aromatic heterocycles. The monoisotopic (exact) mass is 149 g/mol. The molecule has 0 amide bonds. The molecule has 2 N–H and O–H groups in total. The van der Waals surface area contributed by atoms with E-state index in [2.05, 4.69) is 0 Å². The molecule has 11 heavy (non-hydrogen) atoms. The van der Waals surface area contributed by atoms with Crippen molar-refractivity contribution in [1.29, 1.82) is 0 Å². The Balaban J connectivity index is 2.68. The molecule has 0 saturated heterocycles. The van der Waals surface area contributed by atoms with Crippen LogP contribution in [0.15, 0.2) is 30.3 Å². The molecule has 2 heteroatoms. The second-order valence-corrected chi connectivity index (χ2v) is 2.42. The topological polar surface area (TPSA) is 43.1 Å². The molecule has 1 aromatic rings. The minimum atomic E-state index is -0.145. The molecular formula is C9H11NO. The fraction of sp³-hybridized carbons (Fsp3) is 0.222. The van der Waals surface area contributed by atoms with Crippen LogP contribution in [0, 0.1) is 0 Å². The van der Waals surface area contributed by atoms with Crippen LogP contribution >= 0.6 is 0 Å². The SMILES string of the molecule is NC(CC=O)c1ccccc1. The first-order valence-electron chi connectivity index (χ1n) is 3.58. The summed E-state index contributed by atoms with van der Waals surface area (Å²) in [6, 6.07) is 9.47. The highest BCUT2D eigenvalue weighted by molar-refractivity contribution is 5.51. The summed E-state index contributed by atoms with van der Waals surface area (Å²) >= 11 is 0. The number of nitrogens with two attached hydrogens (primary N) is 1. The van der Waals surface area contributed by atoms with E-state index in [4.69, 9.17) is 5.73 Å². The largest absolute Gasteiger partial charge is 0.324 e. The Morgan fingerprint density at radius 1 is 1.36 bits per heavy atom. The molecule has 0 spiro atoms. The van der Waals surface area contributed by atoms with Crippen LogP contribution in [-0.4, -0.2) is 6.29 Å². The Kier molecular flexibility index (Phi) is 2.81. The van der Waals surface area contributed by atoms with Crippen LogP contribution in [0.1, 0.15) is 18.0 Å². The molecular weight excluding hydrogens is 138 g/mol. The van der Waals surface area contributed by atoms with Crippen LogP contribution in [0.3, 0.4) is 0 Å². The highest BCUT2D eigenvalue weighted by atomic mass is 16.1. The predicted octanol–water partition coefficient (Wildman–Crippen LogP) is 1.28. The third-order valence-electron chi connectivity index (χ3n) is 1.58. The van der Waals surface area contributed by atoms with E-state index in [0.29, 0.717) is 6.42 Å². The quantitative estimate of drug-likeness (QED) is 0.658. The van der Waals surface area contributed by atoms with Gasteiger partial charge in [-0.3, -0.25) is 0 Å². The van der Waals surface area contributed by atoms with Crippen molar-refractivity contribution in [3.8, 4) is 0 Å². The van der Waals surface area contributed by atoms with Crippen molar-refractivity contribution in [2.24, 2.45) is 5.73 Å². The lowest BCUT2D eigenvalue weighted by molar-refractivity contribution is -0.108. The van der Waals surface area contributed by atoms with Gasteiger partial charge in [-0.05, 0) is 5.56 Å². The van der Waals surface area contributed by atoms with Crippen LogP contribution in [0.25, 0.3) is 0 Å². The summed E-state index contributed by atoms with van der Waals surface area (Å²) in [6.07, 6.45) is 1.24. The van der Waals surface area contributed by atoms with E-state index >= 15 is 0 Å². The molecule has 0 aliphatic carbocycles. The fourth-order valence-electron chi connectivity index (χ4n) is 0.940. The van der Waals surface area contributed by atoms with Crippen molar-refractivity contribution in [3.05, 3.63) is 35.9 Å². The first-order chi connectivity index (χ1) is 5.34. The summed E-state index contributed by atoms with van der Waals surface area (Å²) in [5, 5.41) is 0. The molecule has 0 fully saturated rings. The standard InChI is InChI=1S/C9H11NO/c10-9(6-7-11)8-4-2-1-3-5-8/h1-5,7,9H,6,10H2. The third-order valence-corrected chi connectivity index (χ3v) is 1.58. The van der Waals surface area contributed by atoms with Gasteiger partial charge in [0.15, 0.2) is 0 Å². The van der Waals surface area contributed by atoms with Crippen LogP contribution in [-0.2, 0) is 4.79 Å². The average Bonchev–Trinajstić information content (AvgIpc) is 2.07. The number of aldehydes is 1. The number of hydrogen-bond donors (Lipinski definition) is 1. The Morgan fingerprint density at radius 3 is 2.55 bits per heavy atom. The predicted molar refractivity (Wildman–Crippen MR) is 44.1 cm³/mol. The van der Waals surface area contributed by atoms with E-state index in [1.54, 1.807) is 0 Å². The van der Waals surface area contributed by atoms with Crippen LogP contribution in [0.5, 0.6) is 0 Å². The molecule has 1 unspecified atom stereocenters. The van der Waals surface area contributed by atoms with Gasteiger partial charge in [0, 0.05) is 12.5 Å². The van der Waals surface area contributed by atoms with E-state index in [-0.39, 0.29) is 6.04 Å². The van der Waals surface area contributed by atoms with Crippen molar-refractivity contribution in [2.45, 2.75) is 12.5 Å². The van der Waals surface area contributed by atoms with E-state index in [1.807, 2.05) is 30.3 Å². The second-order valence-electron chi connectivity index (χ2n) is 2.42. The highest BCUT2D eigenvalue weighted by Crippen LogP contribution is 2.10. The molecule has 0 heterocycles. The third kappa shape index (κ3) is 2.16. The highest BCUT2D eigenvalue weighted by Gasteiger charge is 2.02. The minimum absolute atomic E-state index is 0.145. The molecule has 1 aromatic carbocycles. The van der Waals surface area contributed by atoms with Gasteiger partial charge in [0.05, 0.1) is 0 Å². The summed E-state index contributed by atoms with van der Waals surface area (Å²) in [5.41, 5.74) is 6.69. The van der Waals surface area contributed by atoms with Gasteiger partial charge in [-0.2, -0.15) is 0 Å². The van der Waals surface area contributed by atoms with Crippen LogP contribution < -0.4 is 5.73 Å². The number of carbonyl (C=O) groups excluding carboxylic acids is 1. The van der Waals surface area contributed by atoms with Gasteiger partial charge in [-0.15, -0.1) is 0 Å². The van der Waals surface area contributed by atoms with Gasteiger partial charge < -0.3 is 10.5 Å². The summed E-state index contributed by atoms with van der Waals surface area (Å²) in [4.78, 5) is 10.1. The maximum atomic E-state index is 10.1. The molecule has 0 radical (unpaired) electrons. The van der Waals surface area contributed by atoms with Gasteiger partial charge >= 0.3 is 0 Å². The molecule has 2 nitrogen and oxygen atoms in total. The first kappa shape index (κ1) is 7.95. The number of hydrogen-bond acceptors (Lipinski definition) is 2. The zero-order valence-corrected chi connectivity index (χ0v) is 6.23. The normalized spacial score (nSPS) is 12.5. The number of benzene rings is 1. The maximum absolute atomic E-state index is 10.1. The Hall–Kier alpha value is -1.15. The molecule has 0 bridgehead atoms. The summed E-state index contributed by atoms with van der Waals surface area (Å²) in [7, 11) is 0. The van der Waals surface area contributed by atoms with E-state index in [1.165, 1.54) is 0 Å². The fourth-order valence-corrected chi connectivity index (χ4v) is 0.940. The molecule has 0 aliphatic heterocycles. The van der Waals surface area contributed by atoms with E-state index in [0.717, 1.165) is 11.8 Å². The molecule has 1 rings (SSSR count). The van der Waals surface area contributed by atoms with Gasteiger partial charge in [-0.1, -0.05) is 30.3 Å². The minimum Gasteiger partial charge on any atom is -0.324 e. The van der Waals surface area contributed by atoms with Crippen molar-refractivity contribution >= 4 is 6.29 Å². The number of carbonyl (C=O) groups is 1. The maximum Gasteiger partial charge on any atom is 0.121 e. The Bertz CT molecular complexity index is 220. The smallest absolute Gasteiger partial charge is 0.121 e. The second kappa shape index (κ2) is 3.88. The molecule has 0 saturated carbocycles. The summed E-state index contributed by atoms with van der Waals surface area (Å²) in [5.74, 6) is 0. The lowest BCUT2D eigenvalue weighted by atomic mass is 10.1. The molecule has 58 valence electrons. The van der Waals surface area contributed by atoms with Crippen molar-refractivity contribution < 1.29 is 4.79 Å². The van der Waals surface area contributed by atoms with Crippen molar-refractivity contribution in [3.63, 3.8) is 0 Å². The first-order valence-corrected chi connectivity index (χ1v) is 3.58. The number of rotatable bonds is 3. The Morgan fingerprint density at radius 2 is 2.00 bits per heavy atom. The van der Waals surface area contributed by atoms with Gasteiger partial charge in [0.1, 0.15) is 6.29 Å². The van der Waals surface area contributed by atoms with E-state index < -0.39 is 0 Å². The van der Waals surface area contributed by atoms with Crippen molar-refractivity contribution in [2.75, 3.05) is 0 Å². The van der Waals surface area contributed by atoms with Gasteiger partial charge in [0.2, 0.25) is 0 Å². The lowest BCUT2D eigenvalue weighted by Crippen LogP contribution is -2.09. The van der Waals surface area contributed by atoms with Gasteiger partial charge in [-0.25, -0.2) is 0 Å². The summed E-state index contributed by atoms with van der Waals surface area (Å²) in [6.45, 7) is 0. The van der Waals surface area contributed by atoms with E-state index in [9.17, 15) is 4.79 Å². The summed E-state index contributed by atoms with van der Waals surface area (Å²) < 4.78 is 0.